The van der Waals surface area contributed by atoms with Gasteiger partial charge in [-0.15, -0.1) is 0 Å². The van der Waals surface area contributed by atoms with Crippen molar-refractivity contribution in [2.75, 3.05) is 5.75 Å². The number of benzene rings is 2. The summed E-state index contributed by atoms with van der Waals surface area (Å²) in [6.45, 7) is 1.53. The minimum atomic E-state index is -3.46. The second-order valence-electron chi connectivity index (χ2n) is 7.61. The molecule has 0 bridgehead atoms. The molecule has 0 fully saturated rings. The highest BCUT2D eigenvalue weighted by atomic mass is 32.2. The summed E-state index contributed by atoms with van der Waals surface area (Å²) in [7, 11) is -3.46. The van der Waals surface area contributed by atoms with E-state index in [1.54, 1.807) is 30.5 Å². The maximum atomic E-state index is 14.3. The Labute approximate surface area is 204 Å². The molecule has 0 aliphatic carbocycles. The lowest BCUT2D eigenvalue weighted by molar-refractivity contribution is 0.415. The summed E-state index contributed by atoms with van der Waals surface area (Å²) in [4.78, 5) is 15.9. The number of rotatable bonds is 7. The van der Waals surface area contributed by atoms with Crippen molar-refractivity contribution < 1.29 is 26.7 Å². The number of H-pyrrole nitrogens is 1. The molecule has 0 radical (unpaired) electrons. The van der Waals surface area contributed by atoms with Gasteiger partial charge in [0.2, 0.25) is 5.82 Å². The Balaban J connectivity index is 1.56. The van der Waals surface area contributed by atoms with Crippen LogP contribution in [0.15, 0.2) is 78.1 Å². The van der Waals surface area contributed by atoms with Crippen LogP contribution in [-0.4, -0.2) is 34.1 Å². The van der Waals surface area contributed by atoms with E-state index >= 15 is 0 Å². The second kappa shape index (κ2) is 9.34. The van der Waals surface area contributed by atoms with Gasteiger partial charge in [0.25, 0.3) is 0 Å². The van der Waals surface area contributed by atoms with Crippen molar-refractivity contribution in [1.29, 1.82) is 0 Å². The summed E-state index contributed by atoms with van der Waals surface area (Å²) in [6, 6.07) is 14.9. The van der Waals surface area contributed by atoms with Crippen LogP contribution in [0.4, 0.5) is 8.78 Å². The fourth-order valence-corrected chi connectivity index (χ4v) is 4.18. The molecule has 3 aromatic heterocycles. The highest BCUT2D eigenvalue weighted by Gasteiger charge is 2.18. The Kier molecular flexibility index (Phi) is 6.06. The number of imidazole rings is 1. The highest BCUT2D eigenvalue weighted by molar-refractivity contribution is 7.91. The van der Waals surface area contributed by atoms with Gasteiger partial charge < -0.3 is 14.5 Å². The summed E-state index contributed by atoms with van der Waals surface area (Å²) in [6.07, 6.45) is 2.90. The summed E-state index contributed by atoms with van der Waals surface area (Å²) >= 11 is 0. The third-order valence-corrected chi connectivity index (χ3v) is 6.85. The van der Waals surface area contributed by atoms with Gasteiger partial charge in [-0.2, -0.15) is 4.39 Å². The Morgan fingerprint density at radius 1 is 0.917 bits per heavy atom. The molecule has 2 aromatic carbocycles. The first kappa shape index (κ1) is 23.4. The van der Waals surface area contributed by atoms with Crippen LogP contribution in [0.1, 0.15) is 6.92 Å². The molecule has 0 aliphatic rings. The van der Waals surface area contributed by atoms with Gasteiger partial charge in [0.1, 0.15) is 22.7 Å². The Morgan fingerprint density at radius 2 is 1.78 bits per heavy atom. The monoisotopic (exact) mass is 508 g/mol. The molecule has 5 rings (SSSR count). The van der Waals surface area contributed by atoms with E-state index < -0.39 is 21.5 Å². The number of sulfone groups is 1. The lowest BCUT2D eigenvalue weighted by Crippen LogP contribution is -2.05. The van der Waals surface area contributed by atoms with Crippen molar-refractivity contribution in [2.45, 2.75) is 11.9 Å². The number of nitrogens with zero attached hydrogens (tertiary/aromatic N) is 3. The van der Waals surface area contributed by atoms with Gasteiger partial charge >= 0.3 is 0 Å². The first-order chi connectivity index (χ1) is 17.3. The zero-order valence-corrected chi connectivity index (χ0v) is 19.6. The van der Waals surface area contributed by atoms with Gasteiger partial charge in [-0.3, -0.25) is 4.98 Å². The first-order valence-corrected chi connectivity index (χ1v) is 12.4. The SMILES string of the molecule is CCS(=O)(=O)c1ccc(Oc2cc(Oc3cccc(F)c3F)c3nc(-c4ccccn4)[nH]c3c2)cn1. The maximum absolute atomic E-state index is 14.3. The number of halogens is 2. The quantitative estimate of drug-likeness (QED) is 0.302. The number of nitrogens with one attached hydrogen (secondary N) is 1. The van der Waals surface area contributed by atoms with Gasteiger partial charge in [-0.1, -0.05) is 19.1 Å². The van der Waals surface area contributed by atoms with E-state index in [4.69, 9.17) is 9.47 Å². The topological polar surface area (TPSA) is 107 Å². The van der Waals surface area contributed by atoms with Crippen molar-refractivity contribution in [3.8, 4) is 34.5 Å². The van der Waals surface area contributed by atoms with Crippen LogP contribution >= 0.6 is 0 Å². The van der Waals surface area contributed by atoms with Crippen LogP contribution in [0, 0.1) is 11.6 Å². The van der Waals surface area contributed by atoms with Crippen LogP contribution in [0.2, 0.25) is 0 Å². The number of aromatic nitrogens is 4. The van der Waals surface area contributed by atoms with Gasteiger partial charge in [0, 0.05) is 18.3 Å². The molecule has 8 nitrogen and oxygen atoms in total. The van der Waals surface area contributed by atoms with Crippen LogP contribution < -0.4 is 9.47 Å². The summed E-state index contributed by atoms with van der Waals surface area (Å²) in [5.74, 6) is -1.55. The molecule has 0 amide bonds. The predicted molar refractivity (Wildman–Crippen MR) is 128 cm³/mol. The van der Waals surface area contributed by atoms with Crippen LogP contribution in [0.3, 0.4) is 0 Å². The van der Waals surface area contributed by atoms with Crippen molar-refractivity contribution in [1.82, 2.24) is 19.9 Å². The number of ether oxygens (including phenoxy) is 2. The third-order valence-electron chi connectivity index (χ3n) is 5.21. The lowest BCUT2D eigenvalue weighted by Gasteiger charge is -2.11. The lowest BCUT2D eigenvalue weighted by atomic mass is 10.2. The minimum Gasteiger partial charge on any atom is -0.456 e. The molecule has 3 heterocycles. The standard InChI is InChI=1S/C25H18F2N4O4S/c1-2-36(32,33)22-10-9-15(14-29-22)34-16-12-19-24(31-25(30-19)18-7-3-4-11-28-18)21(13-16)35-20-8-5-6-17(26)23(20)27/h3-14H,2H2,1H3,(H,30,31). The summed E-state index contributed by atoms with van der Waals surface area (Å²) in [5, 5.41) is -0.0630. The number of fused-ring (bicyclic) bond motifs is 1. The number of hydrogen-bond acceptors (Lipinski definition) is 7. The van der Waals surface area contributed by atoms with Crippen LogP contribution in [0.25, 0.3) is 22.6 Å². The van der Waals surface area contributed by atoms with E-state index in [2.05, 4.69) is 19.9 Å². The smallest absolute Gasteiger partial charge is 0.201 e. The molecular formula is C25H18F2N4O4S. The Hall–Kier alpha value is -4.38. The number of hydrogen-bond donors (Lipinski definition) is 1. The fourth-order valence-electron chi connectivity index (χ4n) is 3.40. The zero-order valence-electron chi connectivity index (χ0n) is 18.8. The minimum absolute atomic E-state index is 0.0630. The Morgan fingerprint density at radius 3 is 2.50 bits per heavy atom. The third kappa shape index (κ3) is 4.60. The molecule has 1 N–H and O–H groups in total. The molecule has 182 valence electrons. The first-order valence-electron chi connectivity index (χ1n) is 10.8. The molecule has 5 aromatic rings. The highest BCUT2D eigenvalue weighted by Crippen LogP contribution is 2.37. The zero-order chi connectivity index (χ0) is 25.3. The molecule has 0 saturated carbocycles. The Bertz CT molecular complexity index is 1660. The van der Waals surface area contributed by atoms with E-state index in [-0.39, 0.29) is 33.8 Å². The predicted octanol–water partition coefficient (Wildman–Crippen LogP) is 5.68. The summed E-state index contributed by atoms with van der Waals surface area (Å²) < 4.78 is 63.7. The molecule has 11 heteroatoms. The van der Waals surface area contributed by atoms with Crippen molar-refractivity contribution in [2.24, 2.45) is 0 Å². The van der Waals surface area contributed by atoms with Crippen molar-refractivity contribution in [3.05, 3.63) is 84.7 Å². The van der Waals surface area contributed by atoms with Crippen LogP contribution in [-0.2, 0) is 9.84 Å². The van der Waals surface area contributed by atoms with E-state index in [0.29, 0.717) is 22.6 Å². The second-order valence-corrected chi connectivity index (χ2v) is 9.83. The van der Waals surface area contributed by atoms with Gasteiger partial charge in [0.05, 0.1) is 17.5 Å². The largest absolute Gasteiger partial charge is 0.456 e. The normalized spacial score (nSPS) is 11.5. The van der Waals surface area contributed by atoms with E-state index in [1.807, 2.05) is 0 Å². The molecule has 0 unspecified atom stereocenters. The van der Waals surface area contributed by atoms with Crippen molar-refractivity contribution in [3.63, 3.8) is 0 Å². The number of pyridine rings is 2. The van der Waals surface area contributed by atoms with Gasteiger partial charge in [-0.25, -0.2) is 22.8 Å². The molecule has 0 spiro atoms. The van der Waals surface area contributed by atoms with E-state index in [1.165, 1.54) is 43.5 Å². The molecule has 0 saturated heterocycles. The van der Waals surface area contributed by atoms with Gasteiger partial charge in [-0.05, 0) is 36.4 Å². The van der Waals surface area contributed by atoms with E-state index in [0.717, 1.165) is 6.07 Å². The average molecular weight is 509 g/mol. The maximum Gasteiger partial charge on any atom is 0.201 e. The van der Waals surface area contributed by atoms with Gasteiger partial charge in [0.15, 0.2) is 38.0 Å². The van der Waals surface area contributed by atoms with E-state index in [9.17, 15) is 17.2 Å². The van der Waals surface area contributed by atoms with Crippen molar-refractivity contribution >= 4 is 20.9 Å². The molecule has 0 atom stereocenters. The number of aromatic amines is 1. The fraction of sp³-hybridized carbons (Fsp3) is 0.0800. The molecule has 36 heavy (non-hydrogen) atoms. The molecular weight excluding hydrogens is 490 g/mol. The summed E-state index contributed by atoms with van der Waals surface area (Å²) in [5.41, 5.74) is 1.39. The average Bonchev–Trinajstić information content (AvgIpc) is 3.32. The van der Waals surface area contributed by atoms with Crippen LogP contribution in [0.5, 0.6) is 23.0 Å². The molecule has 0 aliphatic heterocycles.